The molecule has 0 spiro atoms. The molecule has 2 fully saturated rings. The molecule has 110 valence electrons. The van der Waals surface area contributed by atoms with E-state index in [9.17, 15) is 4.79 Å². The standard InChI is InChI=1S/C14H22N4O2/c19-14(17-12-3-4-12)10-18-9-13(8-15-18)16-11-2-1-6-20-7-5-11/h8-9,11-12,16H,1-7,10H2,(H,17,19). The molecule has 1 aliphatic heterocycles. The highest BCUT2D eigenvalue weighted by Gasteiger charge is 2.23. The summed E-state index contributed by atoms with van der Waals surface area (Å²) in [5.74, 6) is 0.0463. The van der Waals surface area contributed by atoms with Crippen molar-refractivity contribution in [3.63, 3.8) is 0 Å². The molecule has 6 nitrogen and oxygen atoms in total. The lowest BCUT2D eigenvalue weighted by Crippen LogP contribution is -2.29. The molecule has 1 saturated carbocycles. The number of hydrogen-bond donors (Lipinski definition) is 2. The second-order valence-corrected chi connectivity index (χ2v) is 5.65. The van der Waals surface area contributed by atoms with Crippen LogP contribution in [0.15, 0.2) is 12.4 Å². The van der Waals surface area contributed by atoms with E-state index in [-0.39, 0.29) is 5.91 Å². The zero-order valence-corrected chi connectivity index (χ0v) is 11.7. The van der Waals surface area contributed by atoms with Crippen LogP contribution in [-0.2, 0) is 16.1 Å². The molecular weight excluding hydrogens is 256 g/mol. The SMILES string of the molecule is O=C(Cn1cc(NC2CCCOCC2)cn1)NC1CC1. The smallest absolute Gasteiger partial charge is 0.241 e. The quantitative estimate of drug-likeness (QED) is 0.847. The Labute approximate surface area is 118 Å². The number of rotatable bonds is 5. The monoisotopic (exact) mass is 278 g/mol. The molecular formula is C14H22N4O2. The van der Waals surface area contributed by atoms with E-state index < -0.39 is 0 Å². The third kappa shape index (κ3) is 3.96. The second-order valence-electron chi connectivity index (χ2n) is 5.65. The molecule has 1 aromatic heterocycles. The number of nitrogens with one attached hydrogen (secondary N) is 2. The van der Waals surface area contributed by atoms with Crippen LogP contribution in [0.1, 0.15) is 32.1 Å². The number of hydrogen-bond acceptors (Lipinski definition) is 4. The summed E-state index contributed by atoms with van der Waals surface area (Å²) < 4.78 is 7.14. The maximum Gasteiger partial charge on any atom is 0.241 e. The third-order valence-electron chi connectivity index (χ3n) is 3.70. The van der Waals surface area contributed by atoms with Gasteiger partial charge in [-0.2, -0.15) is 5.10 Å². The minimum atomic E-state index is 0.0463. The van der Waals surface area contributed by atoms with E-state index >= 15 is 0 Å². The normalized spacial score (nSPS) is 23.1. The Hall–Kier alpha value is -1.56. The first-order chi connectivity index (χ1) is 9.79. The van der Waals surface area contributed by atoms with Gasteiger partial charge in [0.05, 0.1) is 11.9 Å². The van der Waals surface area contributed by atoms with Gasteiger partial charge in [0.2, 0.25) is 5.91 Å². The van der Waals surface area contributed by atoms with Crippen LogP contribution in [0, 0.1) is 0 Å². The van der Waals surface area contributed by atoms with Crippen LogP contribution in [0.25, 0.3) is 0 Å². The Morgan fingerprint density at radius 3 is 3.05 bits per heavy atom. The summed E-state index contributed by atoms with van der Waals surface area (Å²) in [5.41, 5.74) is 0.983. The lowest BCUT2D eigenvalue weighted by atomic mass is 10.1. The van der Waals surface area contributed by atoms with E-state index in [1.54, 1.807) is 10.9 Å². The average molecular weight is 278 g/mol. The van der Waals surface area contributed by atoms with E-state index in [1.165, 1.54) is 0 Å². The fraction of sp³-hybridized carbons (Fsp3) is 0.714. The van der Waals surface area contributed by atoms with Gasteiger partial charge in [-0.3, -0.25) is 9.48 Å². The van der Waals surface area contributed by atoms with Gasteiger partial charge in [-0.05, 0) is 32.1 Å². The molecule has 1 saturated heterocycles. The maximum atomic E-state index is 11.7. The Kier molecular flexibility index (Phi) is 4.20. The number of amides is 1. The molecule has 0 radical (unpaired) electrons. The molecule has 1 aliphatic carbocycles. The molecule has 0 bridgehead atoms. The van der Waals surface area contributed by atoms with Gasteiger partial charge in [0.15, 0.2) is 0 Å². The number of carbonyl (C=O) groups is 1. The Bertz CT molecular complexity index is 448. The Morgan fingerprint density at radius 2 is 2.20 bits per heavy atom. The molecule has 2 aliphatic rings. The lowest BCUT2D eigenvalue weighted by Gasteiger charge is -2.15. The maximum absolute atomic E-state index is 11.7. The van der Waals surface area contributed by atoms with Crippen molar-refractivity contribution >= 4 is 11.6 Å². The van der Waals surface area contributed by atoms with Crippen LogP contribution >= 0.6 is 0 Å². The minimum Gasteiger partial charge on any atom is -0.381 e. The fourth-order valence-corrected chi connectivity index (χ4v) is 2.46. The molecule has 2 heterocycles. The number of nitrogens with zero attached hydrogens (tertiary/aromatic N) is 2. The predicted octanol–water partition coefficient (Wildman–Crippen LogP) is 1.14. The van der Waals surface area contributed by atoms with Crippen molar-refractivity contribution in [1.29, 1.82) is 0 Å². The number of ether oxygens (including phenoxy) is 1. The molecule has 6 heteroatoms. The Balaban J connectivity index is 1.48. The number of carbonyl (C=O) groups excluding carboxylic acids is 1. The number of aromatic nitrogens is 2. The van der Waals surface area contributed by atoms with E-state index in [0.717, 1.165) is 51.0 Å². The highest BCUT2D eigenvalue weighted by atomic mass is 16.5. The summed E-state index contributed by atoms with van der Waals surface area (Å²) in [5, 5.41) is 10.7. The summed E-state index contributed by atoms with van der Waals surface area (Å²) >= 11 is 0. The van der Waals surface area contributed by atoms with Crippen molar-refractivity contribution in [2.75, 3.05) is 18.5 Å². The molecule has 1 amide bonds. The molecule has 1 aromatic rings. The largest absolute Gasteiger partial charge is 0.381 e. The zero-order valence-electron chi connectivity index (χ0n) is 11.7. The van der Waals surface area contributed by atoms with Crippen LogP contribution in [0.4, 0.5) is 5.69 Å². The molecule has 1 unspecified atom stereocenters. The van der Waals surface area contributed by atoms with Crippen molar-refractivity contribution in [1.82, 2.24) is 15.1 Å². The van der Waals surface area contributed by atoms with Crippen molar-refractivity contribution in [2.24, 2.45) is 0 Å². The fourth-order valence-electron chi connectivity index (χ4n) is 2.46. The highest BCUT2D eigenvalue weighted by molar-refractivity contribution is 5.76. The number of anilines is 1. The average Bonchev–Trinajstić information content (AvgIpc) is 3.17. The van der Waals surface area contributed by atoms with Crippen LogP contribution in [0.3, 0.4) is 0 Å². The first kappa shape index (κ1) is 13.4. The molecule has 0 aromatic carbocycles. The van der Waals surface area contributed by atoms with E-state index in [2.05, 4.69) is 15.7 Å². The van der Waals surface area contributed by atoms with Crippen LogP contribution in [0.2, 0.25) is 0 Å². The van der Waals surface area contributed by atoms with Gasteiger partial charge in [0, 0.05) is 31.5 Å². The topological polar surface area (TPSA) is 68.2 Å². The first-order valence-electron chi connectivity index (χ1n) is 7.46. The van der Waals surface area contributed by atoms with Crippen molar-refractivity contribution in [3.05, 3.63) is 12.4 Å². The van der Waals surface area contributed by atoms with E-state index in [0.29, 0.717) is 18.6 Å². The van der Waals surface area contributed by atoms with Crippen molar-refractivity contribution in [2.45, 2.75) is 50.7 Å². The van der Waals surface area contributed by atoms with Crippen LogP contribution < -0.4 is 10.6 Å². The van der Waals surface area contributed by atoms with Crippen LogP contribution in [-0.4, -0.2) is 41.0 Å². The summed E-state index contributed by atoms with van der Waals surface area (Å²) in [7, 11) is 0. The van der Waals surface area contributed by atoms with Gasteiger partial charge in [-0.1, -0.05) is 0 Å². The van der Waals surface area contributed by atoms with Crippen LogP contribution in [0.5, 0.6) is 0 Å². The van der Waals surface area contributed by atoms with Gasteiger partial charge in [0.25, 0.3) is 0 Å². The summed E-state index contributed by atoms with van der Waals surface area (Å²) in [4.78, 5) is 11.7. The lowest BCUT2D eigenvalue weighted by molar-refractivity contribution is -0.122. The summed E-state index contributed by atoms with van der Waals surface area (Å²) in [6.45, 7) is 1.97. The van der Waals surface area contributed by atoms with E-state index in [4.69, 9.17) is 4.74 Å². The molecule has 20 heavy (non-hydrogen) atoms. The van der Waals surface area contributed by atoms with Crippen molar-refractivity contribution in [3.8, 4) is 0 Å². The molecule has 1 atom stereocenters. The van der Waals surface area contributed by atoms with E-state index in [1.807, 2.05) is 6.20 Å². The molecule has 2 N–H and O–H groups in total. The van der Waals surface area contributed by atoms with Gasteiger partial charge < -0.3 is 15.4 Å². The minimum absolute atomic E-state index is 0.0463. The van der Waals surface area contributed by atoms with Gasteiger partial charge in [0.1, 0.15) is 6.54 Å². The van der Waals surface area contributed by atoms with Crippen molar-refractivity contribution < 1.29 is 9.53 Å². The summed E-state index contributed by atoms with van der Waals surface area (Å²) in [6.07, 6.45) is 9.15. The molecule has 3 rings (SSSR count). The summed E-state index contributed by atoms with van der Waals surface area (Å²) in [6, 6.07) is 0.845. The van der Waals surface area contributed by atoms with Gasteiger partial charge >= 0.3 is 0 Å². The predicted molar refractivity (Wildman–Crippen MR) is 75.5 cm³/mol. The third-order valence-corrected chi connectivity index (χ3v) is 3.70. The first-order valence-corrected chi connectivity index (χ1v) is 7.46. The highest BCUT2D eigenvalue weighted by Crippen LogP contribution is 2.18. The Morgan fingerprint density at radius 1 is 1.30 bits per heavy atom. The van der Waals surface area contributed by atoms with Gasteiger partial charge in [-0.15, -0.1) is 0 Å². The second kappa shape index (κ2) is 6.26. The zero-order chi connectivity index (χ0) is 13.8. The van der Waals surface area contributed by atoms with Gasteiger partial charge in [-0.25, -0.2) is 0 Å².